The number of hydrogen-bond acceptors (Lipinski definition) is 4. The first-order chi connectivity index (χ1) is 10.6. The second-order valence-electron chi connectivity index (χ2n) is 4.69. The van der Waals surface area contributed by atoms with E-state index >= 15 is 0 Å². The highest BCUT2D eigenvalue weighted by molar-refractivity contribution is 7.18. The van der Waals surface area contributed by atoms with Crippen LogP contribution in [-0.4, -0.2) is 10.9 Å². The molecule has 0 aliphatic rings. The first kappa shape index (κ1) is 14.5. The zero-order valence-corrected chi connectivity index (χ0v) is 12.6. The predicted molar refractivity (Wildman–Crippen MR) is 84.7 cm³/mol. The Balaban J connectivity index is 1.70. The number of ether oxygens (including phenoxy) is 1. The molecule has 0 atom stereocenters. The summed E-state index contributed by atoms with van der Waals surface area (Å²) in [6.07, 6.45) is 0. The number of anilines is 1. The number of fused-ring (bicyclic) bond motifs is 1. The van der Waals surface area contributed by atoms with Gasteiger partial charge in [0.15, 0.2) is 0 Å². The van der Waals surface area contributed by atoms with Crippen LogP contribution < -0.4 is 10.1 Å². The molecule has 0 aliphatic carbocycles. The summed E-state index contributed by atoms with van der Waals surface area (Å²) in [6, 6.07) is 12.2. The largest absolute Gasteiger partial charge is 0.486 e. The summed E-state index contributed by atoms with van der Waals surface area (Å²) < 4.78 is 20.4. The number of nitrogens with zero attached hydrogens (tertiary/aromatic N) is 1. The van der Waals surface area contributed by atoms with Crippen molar-refractivity contribution in [1.29, 1.82) is 0 Å². The lowest BCUT2D eigenvalue weighted by Gasteiger charge is -2.07. The van der Waals surface area contributed by atoms with Gasteiger partial charge >= 0.3 is 0 Å². The SMILES string of the molecule is CC(=O)Nc1ccc(OCc2nc3ccccc3s2)cc1F. The molecule has 0 fully saturated rings. The fourth-order valence-corrected chi connectivity index (χ4v) is 2.88. The maximum atomic E-state index is 13.8. The molecule has 3 aromatic rings. The average molecular weight is 316 g/mol. The number of hydrogen-bond donors (Lipinski definition) is 1. The summed E-state index contributed by atoms with van der Waals surface area (Å²) in [5.41, 5.74) is 1.07. The number of para-hydroxylation sites is 1. The molecule has 3 rings (SSSR count). The van der Waals surface area contributed by atoms with Crippen LogP contribution in [0.15, 0.2) is 42.5 Å². The summed E-state index contributed by atoms with van der Waals surface area (Å²) in [5, 5.41) is 3.24. The molecule has 6 heteroatoms. The molecule has 0 radical (unpaired) electrons. The molecule has 1 aromatic heterocycles. The topological polar surface area (TPSA) is 51.2 Å². The number of halogens is 1. The number of carbonyl (C=O) groups is 1. The Morgan fingerprint density at radius 2 is 2.14 bits per heavy atom. The number of nitrogens with one attached hydrogen (secondary N) is 1. The molecule has 2 aromatic carbocycles. The van der Waals surface area contributed by atoms with Gasteiger partial charge in [0.2, 0.25) is 5.91 Å². The van der Waals surface area contributed by atoms with Crippen molar-refractivity contribution in [2.75, 3.05) is 5.32 Å². The minimum atomic E-state index is -0.531. The van der Waals surface area contributed by atoms with Gasteiger partial charge in [-0.15, -0.1) is 11.3 Å². The van der Waals surface area contributed by atoms with Gasteiger partial charge in [0, 0.05) is 13.0 Å². The van der Waals surface area contributed by atoms with Crippen molar-refractivity contribution in [3.05, 3.63) is 53.3 Å². The second kappa shape index (κ2) is 6.11. The van der Waals surface area contributed by atoms with Gasteiger partial charge in [-0.05, 0) is 24.3 Å². The van der Waals surface area contributed by atoms with Gasteiger partial charge in [0.25, 0.3) is 0 Å². The van der Waals surface area contributed by atoms with E-state index in [1.165, 1.54) is 19.1 Å². The Morgan fingerprint density at radius 3 is 2.86 bits per heavy atom. The maximum Gasteiger partial charge on any atom is 0.221 e. The van der Waals surface area contributed by atoms with Gasteiger partial charge in [-0.3, -0.25) is 4.79 Å². The molecule has 1 N–H and O–H groups in total. The Hall–Kier alpha value is -2.47. The Labute approximate surface area is 130 Å². The van der Waals surface area contributed by atoms with Crippen LogP contribution in [-0.2, 0) is 11.4 Å². The fraction of sp³-hybridized carbons (Fsp3) is 0.125. The van der Waals surface area contributed by atoms with Crippen LogP contribution in [0.1, 0.15) is 11.9 Å². The molecule has 0 unspecified atom stereocenters. The molecule has 4 nitrogen and oxygen atoms in total. The average Bonchev–Trinajstić information content (AvgIpc) is 2.90. The lowest BCUT2D eigenvalue weighted by atomic mass is 10.3. The third kappa shape index (κ3) is 3.23. The number of thiazole rings is 1. The monoisotopic (exact) mass is 316 g/mol. The first-order valence-electron chi connectivity index (χ1n) is 6.66. The number of carbonyl (C=O) groups excluding carboxylic acids is 1. The van der Waals surface area contributed by atoms with E-state index in [2.05, 4.69) is 10.3 Å². The molecule has 0 aliphatic heterocycles. The van der Waals surface area contributed by atoms with Crippen LogP contribution in [0.4, 0.5) is 10.1 Å². The van der Waals surface area contributed by atoms with Gasteiger partial charge in [0.05, 0.1) is 15.9 Å². The van der Waals surface area contributed by atoms with Crippen LogP contribution in [0.3, 0.4) is 0 Å². The molecule has 1 amide bonds. The highest BCUT2D eigenvalue weighted by Gasteiger charge is 2.07. The van der Waals surface area contributed by atoms with Crippen LogP contribution in [0.2, 0.25) is 0 Å². The molecular weight excluding hydrogens is 303 g/mol. The number of amides is 1. The van der Waals surface area contributed by atoms with Crippen LogP contribution in [0, 0.1) is 5.82 Å². The van der Waals surface area contributed by atoms with E-state index in [4.69, 9.17) is 4.74 Å². The lowest BCUT2D eigenvalue weighted by molar-refractivity contribution is -0.114. The molecular formula is C16H13FN2O2S. The standard InChI is InChI=1S/C16H13FN2O2S/c1-10(20)18-13-7-6-11(8-12(13)17)21-9-16-19-14-4-2-3-5-15(14)22-16/h2-8H,9H2,1H3,(H,18,20). The smallest absolute Gasteiger partial charge is 0.221 e. The zero-order chi connectivity index (χ0) is 15.5. The van der Waals surface area contributed by atoms with Crippen molar-refractivity contribution in [3.8, 4) is 5.75 Å². The number of benzene rings is 2. The summed E-state index contributed by atoms with van der Waals surface area (Å²) in [5.74, 6) is -0.454. The normalized spacial score (nSPS) is 10.6. The van der Waals surface area contributed by atoms with Crippen LogP contribution in [0.25, 0.3) is 10.2 Å². The van der Waals surface area contributed by atoms with E-state index in [-0.39, 0.29) is 18.2 Å². The van der Waals surface area contributed by atoms with E-state index in [9.17, 15) is 9.18 Å². The maximum absolute atomic E-state index is 13.8. The Morgan fingerprint density at radius 1 is 1.32 bits per heavy atom. The van der Waals surface area contributed by atoms with Crippen LogP contribution in [0.5, 0.6) is 5.75 Å². The van der Waals surface area contributed by atoms with Gasteiger partial charge in [-0.2, -0.15) is 0 Å². The molecule has 112 valence electrons. The van der Waals surface area contributed by atoms with E-state index in [1.54, 1.807) is 17.4 Å². The van der Waals surface area contributed by atoms with Gasteiger partial charge in [-0.1, -0.05) is 12.1 Å². The molecule has 1 heterocycles. The van der Waals surface area contributed by atoms with Crippen molar-refractivity contribution in [2.24, 2.45) is 0 Å². The highest BCUT2D eigenvalue weighted by atomic mass is 32.1. The summed E-state index contributed by atoms with van der Waals surface area (Å²) >= 11 is 1.55. The van der Waals surface area contributed by atoms with Crippen molar-refractivity contribution in [1.82, 2.24) is 4.98 Å². The molecule has 22 heavy (non-hydrogen) atoms. The Kier molecular flexibility index (Phi) is 4.02. The van der Waals surface area contributed by atoms with Gasteiger partial charge in [0.1, 0.15) is 23.2 Å². The van der Waals surface area contributed by atoms with E-state index in [0.29, 0.717) is 5.75 Å². The van der Waals surface area contributed by atoms with Gasteiger partial charge < -0.3 is 10.1 Å². The first-order valence-corrected chi connectivity index (χ1v) is 7.48. The van der Waals surface area contributed by atoms with E-state index < -0.39 is 5.82 Å². The molecule has 0 bridgehead atoms. The van der Waals surface area contributed by atoms with Gasteiger partial charge in [-0.25, -0.2) is 9.37 Å². The van der Waals surface area contributed by atoms with Crippen molar-refractivity contribution in [2.45, 2.75) is 13.5 Å². The van der Waals surface area contributed by atoms with Crippen molar-refractivity contribution in [3.63, 3.8) is 0 Å². The van der Waals surface area contributed by atoms with Crippen molar-refractivity contribution < 1.29 is 13.9 Å². The number of aromatic nitrogens is 1. The van der Waals surface area contributed by atoms with Crippen molar-refractivity contribution >= 4 is 33.1 Å². The molecule has 0 spiro atoms. The minimum absolute atomic E-state index is 0.139. The molecule has 0 saturated heterocycles. The summed E-state index contributed by atoms with van der Waals surface area (Å²) in [4.78, 5) is 15.4. The highest BCUT2D eigenvalue weighted by Crippen LogP contribution is 2.24. The quantitative estimate of drug-likeness (QED) is 0.792. The lowest BCUT2D eigenvalue weighted by Crippen LogP contribution is -2.07. The Bertz CT molecular complexity index is 799. The minimum Gasteiger partial charge on any atom is -0.486 e. The third-order valence-electron chi connectivity index (χ3n) is 2.95. The second-order valence-corrected chi connectivity index (χ2v) is 5.80. The van der Waals surface area contributed by atoms with E-state index in [1.807, 2.05) is 24.3 Å². The zero-order valence-electron chi connectivity index (χ0n) is 11.8. The number of rotatable bonds is 4. The third-order valence-corrected chi connectivity index (χ3v) is 3.96. The summed E-state index contributed by atoms with van der Waals surface area (Å²) in [7, 11) is 0. The van der Waals surface area contributed by atoms with E-state index in [0.717, 1.165) is 15.2 Å². The summed E-state index contributed by atoms with van der Waals surface area (Å²) in [6.45, 7) is 1.61. The predicted octanol–water partition coefficient (Wildman–Crippen LogP) is 3.97. The molecule has 0 saturated carbocycles. The fourth-order valence-electron chi connectivity index (χ4n) is 2.00. The van der Waals surface area contributed by atoms with Crippen LogP contribution >= 0.6 is 11.3 Å².